The van der Waals surface area contributed by atoms with Gasteiger partial charge in [-0.05, 0) is 12.8 Å². The number of hydrogen-bond acceptors (Lipinski definition) is 7. The molecule has 2 bridgehead atoms. The van der Waals surface area contributed by atoms with Gasteiger partial charge in [0.15, 0.2) is 12.7 Å². The molecule has 0 saturated carbocycles. The van der Waals surface area contributed by atoms with E-state index in [1.54, 1.807) is 0 Å². The number of ether oxygens (including phenoxy) is 4. The summed E-state index contributed by atoms with van der Waals surface area (Å²) in [5.74, 6) is -1.31. The molecule has 22 heavy (non-hydrogen) atoms. The van der Waals surface area contributed by atoms with Crippen molar-refractivity contribution in [2.24, 2.45) is 5.92 Å². The molecule has 0 N–H and O–H groups in total. The Labute approximate surface area is 142 Å². The normalized spacial score (nSPS) is 34.2. The highest BCUT2D eigenvalue weighted by molar-refractivity contribution is 14.1. The van der Waals surface area contributed by atoms with Crippen LogP contribution in [0.5, 0.6) is 0 Å². The van der Waals surface area contributed by atoms with Gasteiger partial charge in [-0.1, -0.05) is 29.5 Å². The molecule has 0 aliphatic carbocycles. The number of carbonyl (C=O) groups excluding carboxylic acids is 3. The van der Waals surface area contributed by atoms with Crippen LogP contribution < -0.4 is 0 Å². The molecule has 2 heterocycles. The van der Waals surface area contributed by atoms with Crippen LogP contribution in [0.15, 0.2) is 0 Å². The molecule has 0 aromatic rings. The van der Waals surface area contributed by atoms with Crippen molar-refractivity contribution in [1.29, 1.82) is 0 Å². The van der Waals surface area contributed by atoms with E-state index in [4.69, 9.17) is 18.9 Å². The van der Waals surface area contributed by atoms with Crippen LogP contribution in [0.2, 0.25) is 0 Å². The van der Waals surface area contributed by atoms with Gasteiger partial charge in [-0.15, -0.1) is 0 Å². The molecule has 0 amide bonds. The number of alkyl halides is 1. The van der Waals surface area contributed by atoms with E-state index >= 15 is 0 Å². The van der Waals surface area contributed by atoms with E-state index < -0.39 is 30.8 Å². The van der Waals surface area contributed by atoms with Gasteiger partial charge in [0.05, 0.1) is 12.2 Å². The van der Waals surface area contributed by atoms with Gasteiger partial charge in [-0.25, -0.2) is 4.79 Å². The lowest BCUT2D eigenvalue weighted by atomic mass is 9.86. The van der Waals surface area contributed by atoms with Crippen LogP contribution in [0, 0.1) is 5.92 Å². The number of methoxy groups -OCH3 is 1. The van der Waals surface area contributed by atoms with Crippen molar-refractivity contribution in [1.82, 2.24) is 0 Å². The molecule has 2 aliphatic heterocycles. The fourth-order valence-electron chi connectivity index (χ4n) is 2.81. The molecular formula is C14H19IO7. The third-order valence-electron chi connectivity index (χ3n) is 3.93. The standard InChI is InChI=1S/C14H19IO7/c1-3-8(15)14(18)20-6-10(17)22-12-9-4-7(5-16)11(21-9)13(12)19-2/h5,7-9,11-13H,3-4,6H2,1-2H3. The maximum absolute atomic E-state index is 11.8. The summed E-state index contributed by atoms with van der Waals surface area (Å²) in [6.45, 7) is 1.43. The molecule has 0 aromatic carbocycles. The zero-order chi connectivity index (χ0) is 16.3. The van der Waals surface area contributed by atoms with Gasteiger partial charge < -0.3 is 23.7 Å². The van der Waals surface area contributed by atoms with E-state index in [1.807, 2.05) is 29.5 Å². The second-order valence-electron chi connectivity index (χ2n) is 5.31. The summed E-state index contributed by atoms with van der Waals surface area (Å²) in [4.78, 5) is 34.3. The molecule has 2 rings (SSSR count). The fraction of sp³-hybridized carbons (Fsp3) is 0.786. The van der Waals surface area contributed by atoms with Crippen LogP contribution in [0.3, 0.4) is 0 Å². The zero-order valence-corrected chi connectivity index (χ0v) is 14.6. The maximum Gasteiger partial charge on any atom is 0.344 e. The minimum atomic E-state index is -0.640. The van der Waals surface area contributed by atoms with E-state index in [2.05, 4.69) is 0 Å². The van der Waals surface area contributed by atoms with Crippen LogP contribution in [0.4, 0.5) is 0 Å². The van der Waals surface area contributed by atoms with Crippen LogP contribution in [0.25, 0.3) is 0 Å². The first-order valence-corrected chi connectivity index (χ1v) is 8.40. The van der Waals surface area contributed by atoms with Gasteiger partial charge >= 0.3 is 11.9 Å². The second-order valence-corrected chi connectivity index (χ2v) is 6.82. The Hall–Kier alpha value is -0.740. The average Bonchev–Trinajstić information content (AvgIpc) is 3.09. The predicted molar refractivity (Wildman–Crippen MR) is 82.6 cm³/mol. The van der Waals surface area contributed by atoms with Crippen LogP contribution in [-0.2, 0) is 33.3 Å². The lowest BCUT2D eigenvalue weighted by Crippen LogP contribution is -2.46. The Bertz CT molecular complexity index is 441. The molecule has 0 aromatic heterocycles. The molecule has 8 heteroatoms. The van der Waals surface area contributed by atoms with Gasteiger partial charge in [-0.3, -0.25) is 4.79 Å². The van der Waals surface area contributed by atoms with E-state index in [0.29, 0.717) is 12.8 Å². The SMILES string of the molecule is CCC(I)C(=O)OCC(=O)OC1C2CC(C=O)C(O2)C1OC. The van der Waals surface area contributed by atoms with Crippen molar-refractivity contribution in [2.75, 3.05) is 13.7 Å². The molecule has 2 aliphatic rings. The third kappa shape index (κ3) is 3.60. The summed E-state index contributed by atoms with van der Waals surface area (Å²) in [6, 6.07) is 0. The largest absolute Gasteiger partial charge is 0.454 e. The number of esters is 2. The summed E-state index contributed by atoms with van der Waals surface area (Å²) < 4.78 is 20.9. The smallest absolute Gasteiger partial charge is 0.344 e. The topological polar surface area (TPSA) is 88.1 Å². The van der Waals surface area contributed by atoms with E-state index in [-0.39, 0.29) is 22.1 Å². The molecule has 0 spiro atoms. The van der Waals surface area contributed by atoms with Crippen molar-refractivity contribution in [3.63, 3.8) is 0 Å². The van der Waals surface area contributed by atoms with E-state index in [0.717, 1.165) is 6.29 Å². The zero-order valence-electron chi connectivity index (χ0n) is 12.4. The van der Waals surface area contributed by atoms with Gasteiger partial charge in [-0.2, -0.15) is 0 Å². The van der Waals surface area contributed by atoms with Gasteiger partial charge in [0, 0.05) is 13.0 Å². The summed E-state index contributed by atoms with van der Waals surface area (Å²) in [5, 5.41) is 0. The number of carbonyl (C=O) groups is 3. The first kappa shape index (κ1) is 17.6. The lowest BCUT2D eigenvalue weighted by molar-refractivity contribution is -0.168. The third-order valence-corrected chi connectivity index (χ3v) is 5.32. The molecule has 2 saturated heterocycles. The van der Waals surface area contributed by atoms with Crippen molar-refractivity contribution < 1.29 is 33.3 Å². The van der Waals surface area contributed by atoms with Gasteiger partial charge in [0.25, 0.3) is 0 Å². The lowest BCUT2D eigenvalue weighted by Gasteiger charge is -2.29. The summed E-state index contributed by atoms with van der Waals surface area (Å²) in [5.41, 5.74) is 0. The van der Waals surface area contributed by atoms with Crippen LogP contribution >= 0.6 is 22.6 Å². The Kier molecular flexibility index (Phi) is 6.16. The molecular weight excluding hydrogens is 407 g/mol. The Balaban J connectivity index is 1.85. The Morgan fingerprint density at radius 3 is 2.73 bits per heavy atom. The number of hydrogen-bond donors (Lipinski definition) is 0. The van der Waals surface area contributed by atoms with Crippen molar-refractivity contribution >= 4 is 40.8 Å². The first-order chi connectivity index (χ1) is 10.5. The number of rotatable bonds is 7. The highest BCUT2D eigenvalue weighted by Gasteiger charge is 2.56. The van der Waals surface area contributed by atoms with Gasteiger partial charge in [0.2, 0.25) is 0 Å². The number of fused-ring (bicyclic) bond motifs is 2. The number of aldehydes is 1. The molecule has 6 unspecified atom stereocenters. The molecule has 0 radical (unpaired) electrons. The average molecular weight is 426 g/mol. The first-order valence-electron chi connectivity index (χ1n) is 7.15. The van der Waals surface area contributed by atoms with Gasteiger partial charge in [0.1, 0.15) is 16.3 Å². The fourth-order valence-corrected chi connectivity index (χ4v) is 2.99. The van der Waals surface area contributed by atoms with Crippen molar-refractivity contribution in [3.05, 3.63) is 0 Å². The number of halogens is 1. The monoisotopic (exact) mass is 426 g/mol. The quantitative estimate of drug-likeness (QED) is 0.256. The predicted octanol–water partition coefficient (Wildman–Crippen LogP) is 0.656. The van der Waals surface area contributed by atoms with Crippen molar-refractivity contribution in [3.8, 4) is 0 Å². The van der Waals surface area contributed by atoms with Crippen molar-refractivity contribution in [2.45, 2.75) is 48.1 Å². The highest BCUT2D eigenvalue weighted by atomic mass is 127. The highest BCUT2D eigenvalue weighted by Crippen LogP contribution is 2.41. The second kappa shape index (κ2) is 7.69. The summed E-state index contributed by atoms with van der Waals surface area (Å²) >= 11 is 1.96. The van der Waals surface area contributed by atoms with Crippen LogP contribution in [-0.4, -0.2) is 60.3 Å². The summed E-state index contributed by atoms with van der Waals surface area (Å²) in [6.07, 6.45) is 0.220. The maximum atomic E-state index is 11.8. The Morgan fingerprint density at radius 1 is 1.41 bits per heavy atom. The minimum absolute atomic E-state index is 0.230. The molecule has 124 valence electrons. The molecule has 6 atom stereocenters. The van der Waals surface area contributed by atoms with E-state index in [1.165, 1.54) is 7.11 Å². The summed E-state index contributed by atoms with van der Waals surface area (Å²) in [7, 11) is 1.49. The van der Waals surface area contributed by atoms with E-state index in [9.17, 15) is 14.4 Å². The molecule has 2 fully saturated rings. The minimum Gasteiger partial charge on any atom is -0.454 e. The Morgan fingerprint density at radius 2 is 2.14 bits per heavy atom. The molecule has 7 nitrogen and oxygen atoms in total. The van der Waals surface area contributed by atoms with Crippen LogP contribution in [0.1, 0.15) is 19.8 Å².